The Balaban J connectivity index is 1.56. The molecule has 5 nitrogen and oxygen atoms in total. The van der Waals surface area contributed by atoms with Gasteiger partial charge in [0.2, 0.25) is 11.8 Å². The van der Waals surface area contributed by atoms with Crippen LogP contribution < -0.4 is 9.64 Å². The van der Waals surface area contributed by atoms with Gasteiger partial charge in [0.25, 0.3) is 0 Å². The third kappa shape index (κ3) is 3.14. The number of likely N-dealkylation sites (tertiary alicyclic amines) is 1. The smallest absolute Gasteiger partial charge is 0.243 e. The third-order valence-electron chi connectivity index (χ3n) is 4.77. The quantitative estimate of drug-likeness (QED) is 0.848. The molecule has 1 aromatic carbocycles. The van der Waals surface area contributed by atoms with Gasteiger partial charge in [-0.15, -0.1) is 11.3 Å². The van der Waals surface area contributed by atoms with E-state index >= 15 is 0 Å². The van der Waals surface area contributed by atoms with Crippen LogP contribution in [0.5, 0.6) is 5.75 Å². The second-order valence-electron chi connectivity index (χ2n) is 6.31. The number of hydrogen-bond donors (Lipinski definition) is 0. The molecule has 1 unspecified atom stereocenters. The van der Waals surface area contributed by atoms with Gasteiger partial charge in [-0.1, -0.05) is 18.2 Å². The normalized spacial score (nSPS) is 20.2. The Bertz CT molecular complexity index is 775. The maximum Gasteiger partial charge on any atom is 0.243 e. The van der Waals surface area contributed by atoms with Crippen LogP contribution in [0.15, 0.2) is 41.8 Å². The average molecular weight is 356 g/mol. The Hall–Kier alpha value is -2.34. The van der Waals surface area contributed by atoms with Crippen molar-refractivity contribution in [2.45, 2.75) is 25.3 Å². The molecule has 3 heterocycles. The molecule has 130 valence electrons. The minimum absolute atomic E-state index is 0.000882. The first-order valence-corrected chi connectivity index (χ1v) is 9.47. The lowest BCUT2D eigenvalue weighted by Crippen LogP contribution is -2.42. The highest BCUT2D eigenvalue weighted by atomic mass is 32.1. The fourth-order valence-corrected chi connectivity index (χ4v) is 4.43. The average Bonchev–Trinajstić information content (AvgIpc) is 3.28. The van der Waals surface area contributed by atoms with Gasteiger partial charge in [0.05, 0.1) is 24.8 Å². The van der Waals surface area contributed by atoms with Gasteiger partial charge in [0, 0.05) is 11.4 Å². The monoisotopic (exact) mass is 356 g/mol. The lowest BCUT2D eigenvalue weighted by molar-refractivity contribution is -0.132. The maximum atomic E-state index is 13.0. The van der Waals surface area contributed by atoms with Crippen LogP contribution in [-0.4, -0.2) is 36.4 Å². The SMILES string of the molecule is O=C1CCOc2ccccc2N1CC(=O)N1CCCC1c1cccs1. The van der Waals surface area contributed by atoms with Gasteiger partial charge >= 0.3 is 0 Å². The molecule has 0 aliphatic carbocycles. The predicted octanol–water partition coefficient (Wildman–Crippen LogP) is 3.23. The number of carbonyl (C=O) groups is 2. The van der Waals surface area contributed by atoms with E-state index < -0.39 is 0 Å². The Morgan fingerprint density at radius 3 is 2.96 bits per heavy atom. The second-order valence-corrected chi connectivity index (χ2v) is 7.29. The van der Waals surface area contributed by atoms with Gasteiger partial charge in [-0.25, -0.2) is 0 Å². The van der Waals surface area contributed by atoms with Crippen molar-refractivity contribution >= 4 is 28.8 Å². The van der Waals surface area contributed by atoms with E-state index in [1.165, 1.54) is 4.88 Å². The van der Waals surface area contributed by atoms with Gasteiger partial charge in [-0.05, 0) is 36.4 Å². The summed E-state index contributed by atoms with van der Waals surface area (Å²) < 4.78 is 5.65. The van der Waals surface area contributed by atoms with Crippen LogP contribution in [0.2, 0.25) is 0 Å². The number of ether oxygens (including phenoxy) is 1. The Kier molecular flexibility index (Phi) is 4.44. The molecular weight excluding hydrogens is 336 g/mol. The first-order valence-electron chi connectivity index (χ1n) is 8.59. The van der Waals surface area contributed by atoms with Crippen molar-refractivity contribution in [1.29, 1.82) is 0 Å². The number of thiophene rings is 1. The van der Waals surface area contributed by atoms with E-state index in [4.69, 9.17) is 4.74 Å². The van der Waals surface area contributed by atoms with Gasteiger partial charge in [0.15, 0.2) is 0 Å². The van der Waals surface area contributed by atoms with Crippen molar-refractivity contribution in [3.05, 3.63) is 46.7 Å². The molecule has 1 saturated heterocycles. The van der Waals surface area contributed by atoms with Crippen LogP contribution in [0.3, 0.4) is 0 Å². The minimum atomic E-state index is -0.0647. The summed E-state index contributed by atoms with van der Waals surface area (Å²) in [5, 5.41) is 2.04. The standard InChI is InChI=1S/C19H20N2O3S/c22-18-9-11-24-16-7-2-1-5-14(16)21(18)13-19(23)20-10-3-6-15(20)17-8-4-12-25-17/h1-2,4-5,7-8,12,15H,3,6,9-11,13H2. The van der Waals surface area contributed by atoms with Crippen molar-refractivity contribution in [3.63, 3.8) is 0 Å². The molecule has 1 aromatic heterocycles. The molecule has 0 saturated carbocycles. The number of anilines is 1. The fraction of sp³-hybridized carbons (Fsp3) is 0.368. The van der Waals surface area contributed by atoms with E-state index in [2.05, 4.69) is 6.07 Å². The van der Waals surface area contributed by atoms with Crippen molar-refractivity contribution < 1.29 is 14.3 Å². The summed E-state index contributed by atoms with van der Waals surface area (Å²) in [6, 6.07) is 11.7. The molecule has 2 aromatic rings. The summed E-state index contributed by atoms with van der Waals surface area (Å²) in [6.07, 6.45) is 2.28. The summed E-state index contributed by atoms with van der Waals surface area (Å²) in [4.78, 5) is 30.2. The Labute approximate surface area is 150 Å². The van der Waals surface area contributed by atoms with E-state index in [1.807, 2.05) is 40.6 Å². The van der Waals surface area contributed by atoms with E-state index in [0.717, 1.165) is 19.4 Å². The van der Waals surface area contributed by atoms with E-state index in [0.29, 0.717) is 18.0 Å². The Morgan fingerprint density at radius 2 is 2.12 bits per heavy atom. The Morgan fingerprint density at radius 1 is 1.24 bits per heavy atom. The number of benzene rings is 1. The fourth-order valence-electron chi connectivity index (χ4n) is 3.56. The molecule has 0 bridgehead atoms. The first-order chi connectivity index (χ1) is 12.2. The number of amides is 2. The van der Waals surface area contributed by atoms with Crippen LogP contribution in [0.25, 0.3) is 0 Å². The zero-order valence-corrected chi connectivity index (χ0v) is 14.7. The van der Waals surface area contributed by atoms with Crippen LogP contribution in [0, 0.1) is 0 Å². The topological polar surface area (TPSA) is 49.9 Å². The molecule has 2 aliphatic rings. The van der Waals surface area contributed by atoms with E-state index in [1.54, 1.807) is 16.2 Å². The predicted molar refractivity (Wildman–Crippen MR) is 96.9 cm³/mol. The van der Waals surface area contributed by atoms with Gasteiger partial charge < -0.3 is 9.64 Å². The van der Waals surface area contributed by atoms with E-state index in [9.17, 15) is 9.59 Å². The maximum absolute atomic E-state index is 13.0. The number of carbonyl (C=O) groups excluding carboxylic acids is 2. The summed E-state index contributed by atoms with van der Waals surface area (Å²) in [5.74, 6) is 0.600. The number of hydrogen-bond acceptors (Lipinski definition) is 4. The number of rotatable bonds is 3. The largest absolute Gasteiger partial charge is 0.491 e. The zero-order valence-electron chi connectivity index (χ0n) is 13.9. The molecule has 2 aliphatic heterocycles. The second kappa shape index (κ2) is 6.88. The summed E-state index contributed by atoms with van der Waals surface area (Å²) in [6.45, 7) is 1.17. The lowest BCUT2D eigenvalue weighted by atomic mass is 10.2. The summed E-state index contributed by atoms with van der Waals surface area (Å²) in [7, 11) is 0. The van der Waals surface area contributed by atoms with Crippen molar-refractivity contribution in [2.75, 3.05) is 24.6 Å². The van der Waals surface area contributed by atoms with Crippen LogP contribution in [-0.2, 0) is 9.59 Å². The van der Waals surface area contributed by atoms with Gasteiger partial charge in [-0.3, -0.25) is 14.5 Å². The molecule has 0 radical (unpaired) electrons. The van der Waals surface area contributed by atoms with Crippen LogP contribution in [0.4, 0.5) is 5.69 Å². The first kappa shape index (κ1) is 16.1. The molecule has 25 heavy (non-hydrogen) atoms. The highest BCUT2D eigenvalue weighted by Crippen LogP contribution is 2.35. The molecule has 1 atom stereocenters. The van der Waals surface area contributed by atoms with Gasteiger partial charge in [-0.2, -0.15) is 0 Å². The lowest BCUT2D eigenvalue weighted by Gasteiger charge is -2.28. The highest BCUT2D eigenvalue weighted by molar-refractivity contribution is 7.10. The van der Waals surface area contributed by atoms with Crippen molar-refractivity contribution in [2.24, 2.45) is 0 Å². The number of fused-ring (bicyclic) bond motifs is 1. The molecule has 0 spiro atoms. The molecular formula is C19H20N2O3S. The highest BCUT2D eigenvalue weighted by Gasteiger charge is 2.33. The number of para-hydroxylation sites is 2. The van der Waals surface area contributed by atoms with Crippen LogP contribution >= 0.6 is 11.3 Å². The molecule has 6 heteroatoms. The zero-order chi connectivity index (χ0) is 17.2. The molecule has 1 fully saturated rings. The summed E-state index contributed by atoms with van der Waals surface area (Å²) in [5.41, 5.74) is 0.685. The number of nitrogens with zero attached hydrogens (tertiary/aromatic N) is 2. The van der Waals surface area contributed by atoms with Crippen LogP contribution in [0.1, 0.15) is 30.2 Å². The molecule has 4 rings (SSSR count). The molecule has 0 N–H and O–H groups in total. The van der Waals surface area contributed by atoms with Crippen molar-refractivity contribution in [1.82, 2.24) is 4.90 Å². The summed E-state index contributed by atoms with van der Waals surface area (Å²) >= 11 is 1.69. The third-order valence-corrected chi connectivity index (χ3v) is 5.74. The van der Waals surface area contributed by atoms with E-state index in [-0.39, 0.29) is 30.8 Å². The minimum Gasteiger partial charge on any atom is -0.491 e. The molecule has 2 amide bonds. The van der Waals surface area contributed by atoms with Gasteiger partial charge in [0.1, 0.15) is 12.3 Å². The van der Waals surface area contributed by atoms with Crippen molar-refractivity contribution in [3.8, 4) is 5.75 Å².